The molecule has 0 aliphatic carbocycles. The maximum absolute atomic E-state index is 15.2. The number of phenols is 1. The summed E-state index contributed by atoms with van der Waals surface area (Å²) in [5.74, 6) is -9.52. The number of phenolic OH excluding ortho intramolecular Hbond substituents is 1. The fraction of sp³-hybridized carbons (Fsp3) is 0.559. The maximum atomic E-state index is 15.2. The molecule has 0 spiro atoms. The van der Waals surface area contributed by atoms with Crippen LogP contribution in [0.4, 0.5) is 0 Å². The van der Waals surface area contributed by atoms with Gasteiger partial charge in [0.1, 0.15) is 53.7 Å². The molecule has 32 nitrogen and oxygen atoms in total. The summed E-state index contributed by atoms with van der Waals surface area (Å²) >= 11 is 0. The maximum Gasteiger partial charge on any atom is 0.328 e. The molecule has 3 aromatic carbocycles. The van der Waals surface area contributed by atoms with E-state index in [9.17, 15) is 49.2 Å². The molecule has 7 rings (SSSR count). The molecule has 560 valence electrons. The van der Waals surface area contributed by atoms with Gasteiger partial charge < -0.3 is 111 Å². The molecule has 102 heavy (non-hydrogen) atoms. The number of H-pyrrole nitrogens is 1. The Hall–Kier alpha value is -8.00. The molecule has 9 amide bonds. The van der Waals surface area contributed by atoms with Crippen molar-refractivity contribution in [1.82, 2.24) is 84.7 Å². The van der Waals surface area contributed by atoms with Gasteiger partial charge in [0, 0.05) is 133 Å². The average molecular weight is 1460 g/mol. The summed E-state index contributed by atoms with van der Waals surface area (Å²) in [7, 11) is 2.07. The zero-order valence-corrected chi connectivity index (χ0v) is 59.3. The lowest BCUT2D eigenvalue weighted by atomic mass is 10.0. The quantitative estimate of drug-likeness (QED) is 0.0247. The Morgan fingerprint density at radius 2 is 1.24 bits per heavy atom. The van der Waals surface area contributed by atoms with Gasteiger partial charge in [-0.05, 0) is 87.4 Å². The predicted molar refractivity (Wildman–Crippen MR) is 387 cm³/mol. The Morgan fingerprint density at radius 1 is 0.637 bits per heavy atom. The van der Waals surface area contributed by atoms with Crippen LogP contribution in [0.15, 0.2) is 85.1 Å². The lowest BCUT2D eigenvalue weighted by Gasteiger charge is -2.37. The molecule has 3 aliphatic rings. The number of hydrogen-bond acceptors (Lipinski definition) is 23. The van der Waals surface area contributed by atoms with Crippen molar-refractivity contribution in [3.8, 4) is 5.75 Å². The number of nitrogens with two attached hydrogens (primary N) is 2. The summed E-state index contributed by atoms with van der Waals surface area (Å²) in [6.45, 7) is 8.52. The SMILES string of the molecule is CC(O)C(NC(=O)[C@@H]1CCSSC[C@H](NC(=O)[C@@H](Cc2ccccc2)NC(=O)CCCC(=O)NC23CNCCNCC(N)(CNCCNC2)CNCCN3)C(=O)N[C@@H](Cc2ccc(O)cc2)C(=O)N[C@H](Cc2c[nH]c3ccccc23)C(=O)N[C@@H](CCCCN)C(=O)NC(C(C)O)C(=O)N1)C(=O)O. The molecule has 1 aromatic heterocycles. The van der Waals surface area contributed by atoms with E-state index in [-0.39, 0.29) is 87.5 Å². The van der Waals surface area contributed by atoms with Gasteiger partial charge in [0.15, 0.2) is 6.04 Å². The Kier molecular flexibility index (Phi) is 32.9. The first-order valence-corrected chi connectivity index (χ1v) is 37.1. The van der Waals surface area contributed by atoms with E-state index in [1.807, 2.05) is 6.07 Å². The highest BCUT2D eigenvalue weighted by Crippen LogP contribution is 2.25. The van der Waals surface area contributed by atoms with Gasteiger partial charge in [-0.15, -0.1) is 0 Å². The van der Waals surface area contributed by atoms with Gasteiger partial charge in [0.05, 0.1) is 17.7 Å². The minimum absolute atomic E-state index is 0.0406. The minimum atomic E-state index is -1.84. The number of hydrogen-bond donors (Lipinski definition) is 22. The van der Waals surface area contributed by atoms with Crippen LogP contribution in [-0.2, 0) is 67.2 Å². The fourth-order valence-electron chi connectivity index (χ4n) is 11.9. The highest BCUT2D eigenvalue weighted by Gasteiger charge is 2.39. The molecule has 2 bridgehead atoms. The molecule has 24 N–H and O–H groups in total. The van der Waals surface area contributed by atoms with Crippen molar-refractivity contribution < 1.29 is 68.4 Å². The number of carboxylic acids is 1. The summed E-state index contributed by atoms with van der Waals surface area (Å²) in [4.78, 5) is 147. The first-order valence-electron chi connectivity index (χ1n) is 34.6. The van der Waals surface area contributed by atoms with Crippen LogP contribution in [0.2, 0.25) is 0 Å². The highest BCUT2D eigenvalue weighted by atomic mass is 33.1. The third-order valence-corrected chi connectivity index (χ3v) is 20.1. The molecular formula is C68H102N18O14S2. The molecule has 4 unspecified atom stereocenters. The number of para-hydroxylation sites is 1. The number of carboxylic acid groups (broad SMARTS) is 1. The highest BCUT2D eigenvalue weighted by molar-refractivity contribution is 8.76. The topological polar surface area (TPSA) is 500 Å². The number of aliphatic carboxylic acids is 1. The van der Waals surface area contributed by atoms with E-state index >= 15 is 19.2 Å². The molecule has 0 radical (unpaired) electrons. The molecule has 4 aromatic rings. The lowest BCUT2D eigenvalue weighted by Crippen LogP contribution is -2.69. The predicted octanol–water partition coefficient (Wildman–Crippen LogP) is -4.21. The van der Waals surface area contributed by atoms with E-state index in [2.05, 4.69) is 84.7 Å². The minimum Gasteiger partial charge on any atom is -0.508 e. The zero-order valence-electron chi connectivity index (χ0n) is 57.7. The summed E-state index contributed by atoms with van der Waals surface area (Å²) < 4.78 is 0. The van der Waals surface area contributed by atoms with Crippen molar-refractivity contribution in [2.24, 2.45) is 11.5 Å². The number of aromatic nitrogens is 1. The van der Waals surface area contributed by atoms with Crippen LogP contribution in [0.3, 0.4) is 0 Å². The van der Waals surface area contributed by atoms with Gasteiger partial charge in [-0.3, -0.25) is 48.5 Å². The second-order valence-corrected chi connectivity index (χ2v) is 28.8. The number of carbonyl (C=O) groups excluding carboxylic acids is 9. The van der Waals surface area contributed by atoms with Crippen LogP contribution in [0, 0.1) is 0 Å². The molecule has 3 fully saturated rings. The number of rotatable bonds is 23. The number of aromatic amines is 1. The fourth-order valence-corrected chi connectivity index (χ4v) is 14.2. The lowest BCUT2D eigenvalue weighted by molar-refractivity contribution is -0.145. The molecule has 0 saturated carbocycles. The number of aromatic hydroxyl groups is 1. The van der Waals surface area contributed by atoms with Gasteiger partial charge in [-0.25, -0.2) is 4.79 Å². The number of aliphatic hydroxyl groups is 2. The van der Waals surface area contributed by atoms with Crippen LogP contribution in [0.25, 0.3) is 10.9 Å². The zero-order chi connectivity index (χ0) is 73.6. The summed E-state index contributed by atoms with van der Waals surface area (Å²) in [6, 6.07) is 9.23. The van der Waals surface area contributed by atoms with Crippen molar-refractivity contribution >= 4 is 91.6 Å². The number of unbranched alkanes of at least 4 members (excludes halogenated alkanes) is 1. The second-order valence-electron chi connectivity index (χ2n) is 26.2. The smallest absolute Gasteiger partial charge is 0.328 e. The monoisotopic (exact) mass is 1460 g/mol. The number of amides is 9. The summed E-state index contributed by atoms with van der Waals surface area (Å²) in [5.41, 5.74) is 13.5. The first kappa shape index (κ1) is 81.3. The Labute approximate surface area is 600 Å². The van der Waals surface area contributed by atoms with Gasteiger partial charge in [0.25, 0.3) is 0 Å². The Morgan fingerprint density at radius 3 is 1.88 bits per heavy atom. The van der Waals surface area contributed by atoms with Gasteiger partial charge >= 0.3 is 5.97 Å². The van der Waals surface area contributed by atoms with E-state index < -0.39 is 125 Å². The second kappa shape index (κ2) is 41.3. The Bertz CT molecular complexity index is 3390. The molecule has 34 heteroatoms. The molecule has 4 heterocycles. The summed E-state index contributed by atoms with van der Waals surface area (Å²) in [5, 5.41) is 87.5. The third-order valence-electron chi connectivity index (χ3n) is 17.6. The van der Waals surface area contributed by atoms with E-state index in [0.717, 1.165) is 28.5 Å². The molecule has 10 atom stereocenters. The number of benzene rings is 3. The van der Waals surface area contributed by atoms with Crippen molar-refractivity contribution in [2.45, 2.75) is 150 Å². The third kappa shape index (κ3) is 26.4. The van der Waals surface area contributed by atoms with Crippen molar-refractivity contribution in [2.75, 3.05) is 90.0 Å². The van der Waals surface area contributed by atoms with Gasteiger partial charge in [-0.2, -0.15) is 0 Å². The van der Waals surface area contributed by atoms with Crippen LogP contribution in [0.5, 0.6) is 5.75 Å². The molecule has 3 aliphatic heterocycles. The van der Waals surface area contributed by atoms with Crippen LogP contribution < -0.4 is 91.2 Å². The van der Waals surface area contributed by atoms with Crippen LogP contribution >= 0.6 is 21.6 Å². The number of nitrogens with one attached hydrogen (secondary N) is 16. The van der Waals surface area contributed by atoms with Gasteiger partial charge in [-0.1, -0.05) is 82.3 Å². The van der Waals surface area contributed by atoms with Crippen LogP contribution in [0.1, 0.15) is 75.5 Å². The number of aliphatic hydroxyl groups excluding tert-OH is 2. The van der Waals surface area contributed by atoms with Crippen molar-refractivity contribution in [3.05, 3.63) is 102 Å². The largest absolute Gasteiger partial charge is 0.508 e. The van der Waals surface area contributed by atoms with E-state index in [0.29, 0.717) is 106 Å². The van der Waals surface area contributed by atoms with E-state index in [1.54, 1.807) is 54.7 Å². The molecular weight excluding hydrogens is 1360 g/mol. The normalized spacial score (nSPS) is 25.0. The first-order chi connectivity index (χ1) is 48.9. The van der Waals surface area contributed by atoms with Gasteiger partial charge in [0.2, 0.25) is 53.2 Å². The van der Waals surface area contributed by atoms with Crippen molar-refractivity contribution in [1.29, 1.82) is 0 Å². The van der Waals surface area contributed by atoms with Crippen LogP contribution in [-0.4, -0.2) is 246 Å². The summed E-state index contributed by atoms with van der Waals surface area (Å²) in [6.07, 6.45) is -1.93. The van der Waals surface area contributed by atoms with Crippen molar-refractivity contribution in [3.63, 3.8) is 0 Å². The average Bonchev–Trinajstić information content (AvgIpc) is 1.60. The van der Waals surface area contributed by atoms with E-state index in [4.69, 9.17) is 11.5 Å². The number of fused-ring (bicyclic) bond motifs is 7. The van der Waals surface area contributed by atoms with E-state index in [1.165, 1.54) is 31.2 Å². The molecule has 3 saturated heterocycles. The standard InChI is InChI=1S/C68H102N18O14S2/c1-41(87)57-65(98)80-50(60(93)85-58(42(2)88)66(99)100)22-30-101-102-35-54(64(97)81-52(32-44-18-20-46(89)21-19-44)62(95)82-53(33-45-34-76-48-14-7-6-13-47(45)48)63(96)79-49(59(92)84-57)15-8-9-23-69)83-61(94)51(31-43-11-4-3-5-12-43)78-55(90)16-10-17-56(91)86-68-39-74-26-24-71-36-67(70,38-73-28-29-77-68)37-72-25-27-75-40-68/h3-7,11-14,18-21,34,41-42,49-54,57-58,71-77,87-89H,8-10,15-17,22-33,35-40,69-70H2,1-2H3,(H,78,90)(H,79,96)(H,80,98)(H,81,97)(H,82,95)(H,83,94)(H,84,92)(H,85,93)(H,86,91)(H,99,100)/t41?,42?,49-,50-,51+,52-,53+,54-,57?,58?,67?,68?/m0/s1. The number of carbonyl (C=O) groups is 10. The Balaban J connectivity index is 1.19.